The van der Waals surface area contributed by atoms with Crippen molar-refractivity contribution in [1.29, 1.82) is 0 Å². The van der Waals surface area contributed by atoms with Gasteiger partial charge in [-0.15, -0.1) is 0 Å². The number of nitrogen functional groups attached to an aromatic ring is 1. The van der Waals surface area contributed by atoms with E-state index in [0.717, 1.165) is 117 Å². The number of amides is 3. The molecule has 8 N–H and O–H groups in total. The summed E-state index contributed by atoms with van der Waals surface area (Å²) in [7, 11) is -15.7. The predicted octanol–water partition coefficient (Wildman–Crippen LogP) is 4.63. The van der Waals surface area contributed by atoms with Gasteiger partial charge in [-0.3, -0.25) is 28.0 Å². The third-order valence-corrected chi connectivity index (χ3v) is 21.2. The van der Waals surface area contributed by atoms with Gasteiger partial charge in [-0.25, -0.2) is 32.5 Å². The maximum atomic E-state index is 14.1. The highest BCUT2D eigenvalue weighted by Crippen LogP contribution is 2.64. The van der Waals surface area contributed by atoms with Crippen LogP contribution in [0.25, 0.3) is 27.0 Å². The van der Waals surface area contributed by atoms with Crippen LogP contribution in [-0.2, 0) is 71.5 Å². The average molecular weight is 1390 g/mol. The van der Waals surface area contributed by atoms with E-state index in [1.165, 1.54) is 46.7 Å². The third-order valence-electron chi connectivity index (χ3n) is 17.1. The van der Waals surface area contributed by atoms with Crippen LogP contribution in [0.1, 0.15) is 115 Å². The number of hydrogen-bond acceptors (Lipinski definition) is 21. The van der Waals surface area contributed by atoms with Crippen molar-refractivity contribution in [2.45, 2.75) is 82.8 Å². The molecule has 6 aromatic rings. The molecule has 2 aromatic heterocycles. The van der Waals surface area contributed by atoms with Gasteiger partial charge >= 0.3 is 21.4 Å². The van der Waals surface area contributed by atoms with Crippen molar-refractivity contribution in [2.75, 3.05) is 96.1 Å². The summed E-state index contributed by atoms with van der Waals surface area (Å²) in [4.78, 5) is 97.9. The molecule has 3 amide bonds. The second-order valence-electron chi connectivity index (χ2n) is 23.8. The fraction of sp³-hybridized carbons (Fsp3) is 0.413. The zero-order valence-corrected chi connectivity index (χ0v) is 55.2. The van der Waals surface area contributed by atoms with E-state index in [9.17, 15) is 53.3 Å². The number of carboxylic acid groups (broad SMARTS) is 1. The Morgan fingerprint density at radius 2 is 1.65 bits per heavy atom. The minimum atomic E-state index is -5.71. The lowest BCUT2D eigenvalue weighted by Crippen LogP contribution is -2.45. The molecule has 4 unspecified atom stereocenters. The van der Waals surface area contributed by atoms with Crippen LogP contribution in [0.15, 0.2) is 72.2 Å². The number of azide groups is 1. The van der Waals surface area contributed by atoms with Gasteiger partial charge in [-0.05, 0) is 117 Å². The number of rotatable bonds is 26. The van der Waals surface area contributed by atoms with Gasteiger partial charge in [-0.1, -0.05) is 23.0 Å². The lowest BCUT2D eigenvalue weighted by molar-refractivity contribution is -0.210. The minimum Gasteiger partial charge on any atom is -0.756 e. The van der Waals surface area contributed by atoms with Crippen LogP contribution < -0.4 is 56.1 Å². The van der Waals surface area contributed by atoms with E-state index < -0.39 is 72.1 Å². The summed E-state index contributed by atoms with van der Waals surface area (Å²) >= 11 is 0. The van der Waals surface area contributed by atoms with Crippen LogP contribution in [0.5, 0.6) is 17.2 Å². The van der Waals surface area contributed by atoms with Gasteiger partial charge < -0.3 is 74.6 Å². The lowest BCUT2D eigenvalue weighted by Gasteiger charge is -2.39. The molecule has 97 heavy (non-hydrogen) atoms. The number of aryl methyl sites for hydroxylation is 2. The number of nitrogens with one attached hydrogen (secondary N) is 3. The Morgan fingerprint density at radius 3 is 2.42 bits per heavy atom. The number of aromatic nitrogens is 3. The number of hydrogen-bond donors (Lipinski definition) is 7. The average Bonchev–Trinajstić information content (AvgIpc) is 1.21. The highest BCUT2D eigenvalue weighted by atomic mass is 31.3. The molecular weight excluding hydrogens is 1320 g/mol. The largest absolute Gasteiger partial charge is 0.756 e. The van der Waals surface area contributed by atoms with E-state index in [4.69, 9.17) is 38.8 Å². The number of carboxylic acids is 1. The second kappa shape index (κ2) is 29.3. The number of carbonyl (C=O) groups is 4. The van der Waals surface area contributed by atoms with E-state index in [1.54, 1.807) is 35.0 Å². The van der Waals surface area contributed by atoms with Gasteiger partial charge in [-0.2, -0.15) is 0 Å². The number of carbonyl (C=O) groups excluding carboxylic acids is 3. The van der Waals surface area contributed by atoms with E-state index in [2.05, 4.69) is 78.0 Å². The van der Waals surface area contributed by atoms with E-state index in [0.29, 0.717) is 35.2 Å². The standard InChI is InChI=1S/C63H69N12O19P3/c1-95(81,82)93-97(85,86)94-96(83,84)90-33-43-16-18-52(91-43)75-32-41(53-59(64)69-36-70-60(53)75)9-3-19-66-50(76)34-87-26-27-88-51(71-72-65)35-89-42-12-2-8-39(28-42)61(77)67-20-21-68-62(78)40-15-17-44(63(79)80)47(31-40)54-48-29-37-10-4-22-73-24-6-13-45(55(37)73)57(48)92-58-46-14-7-25-74-23-5-11-38(56(46)74)30-49(54)58/h2,8,12,15,17,28-32,36,43,51-52H,4-7,10-11,13-14,16,18-27,33-35H2,1H3,(H8-,64,66,67,68,69,70,76,77,78,79,80,81,82,83,84,85,86)/t43-,51?,52+/m0/s1. The normalized spacial score (nSPS) is 18.7. The van der Waals surface area contributed by atoms with E-state index >= 15 is 0 Å². The molecular formula is C63H69N12O19P3. The summed E-state index contributed by atoms with van der Waals surface area (Å²) < 4.78 is 82.1. The van der Waals surface area contributed by atoms with Crippen molar-refractivity contribution in [3.05, 3.63) is 144 Å². The second-order valence-corrected chi connectivity index (χ2v) is 28.8. The first-order valence-corrected chi connectivity index (χ1v) is 36.5. The number of phosphoric ester groups is 1. The van der Waals surface area contributed by atoms with E-state index in [-0.39, 0.29) is 80.7 Å². The first-order chi connectivity index (χ1) is 46.6. The molecule has 6 atom stereocenters. The Bertz CT molecular complexity index is 4560. The third kappa shape index (κ3) is 15.7. The van der Waals surface area contributed by atoms with Crippen molar-refractivity contribution in [1.82, 2.24) is 35.1 Å². The van der Waals surface area contributed by atoms with Crippen molar-refractivity contribution >= 4 is 75.0 Å². The highest BCUT2D eigenvalue weighted by Gasteiger charge is 2.39. The molecule has 0 spiro atoms. The Balaban J connectivity index is 0.604. The number of fused-ring (bicyclic) bond motifs is 5. The summed E-state index contributed by atoms with van der Waals surface area (Å²) in [6, 6.07) is 15.3. The number of benzene rings is 4. The quantitative estimate of drug-likeness (QED) is 0.00738. The molecule has 0 bridgehead atoms. The molecule has 1 saturated heterocycles. The van der Waals surface area contributed by atoms with Crippen LogP contribution in [0.4, 0.5) is 11.5 Å². The molecule has 1 fully saturated rings. The highest BCUT2D eigenvalue weighted by molar-refractivity contribution is 7.67. The molecule has 510 valence electrons. The molecule has 6 aliphatic rings. The molecule has 4 aromatic carbocycles. The maximum absolute atomic E-state index is 14.1. The van der Waals surface area contributed by atoms with Crippen molar-refractivity contribution in [3.8, 4) is 29.1 Å². The van der Waals surface area contributed by atoms with Gasteiger partial charge in [0.2, 0.25) is 11.3 Å². The molecule has 6 aliphatic heterocycles. The monoisotopic (exact) mass is 1390 g/mol. The number of nitrogens with zero attached hydrogens (tertiary/aromatic N) is 8. The van der Waals surface area contributed by atoms with Gasteiger partial charge in [0.25, 0.3) is 19.6 Å². The SMILES string of the molecule is CP(=O)(O)OP(=O)([O-])OP(=O)(O)OC[C@@H]1CC[C@H](n2cc(C#CCNC(=O)COCCOC(COc3cccc(C(=O)NCCNC(=O)c4ccc(C(=O)O)c(C5=c6cc7c8c(c6Oc6c5cc5c9c6CCCN9CCC5)CCC[N+]=8CCC7)c4)c3)N=[N+]=[N-])c3c(N)ncnc32)O1. The van der Waals surface area contributed by atoms with Crippen LogP contribution in [0, 0.1) is 11.8 Å². The van der Waals surface area contributed by atoms with Crippen molar-refractivity contribution in [2.24, 2.45) is 5.11 Å². The maximum Gasteiger partial charge on any atom is 0.478 e. The molecule has 31 nitrogen and oxygen atoms in total. The first kappa shape index (κ1) is 68.4. The Morgan fingerprint density at radius 1 is 0.897 bits per heavy atom. The van der Waals surface area contributed by atoms with Gasteiger partial charge in [0.05, 0.1) is 54.5 Å². The predicted molar refractivity (Wildman–Crippen MR) is 346 cm³/mol. The number of phosphoric acid groups is 2. The Labute approximate surface area is 554 Å². The topological polar surface area (TPSA) is 425 Å². The summed E-state index contributed by atoms with van der Waals surface area (Å²) in [5.74, 6) is 5.11. The summed E-state index contributed by atoms with van der Waals surface area (Å²) in [5, 5.41) is 25.2. The van der Waals surface area contributed by atoms with Gasteiger partial charge in [0.1, 0.15) is 67.6 Å². The number of aromatic carboxylic acids is 1. The van der Waals surface area contributed by atoms with Crippen molar-refractivity contribution < 1.29 is 89.5 Å². The van der Waals surface area contributed by atoms with Crippen LogP contribution in [0.2, 0.25) is 0 Å². The molecule has 12 rings (SSSR count). The summed E-state index contributed by atoms with van der Waals surface area (Å²) in [6.07, 6.45) is 8.19. The van der Waals surface area contributed by atoms with Gasteiger partial charge in [0, 0.05) is 101 Å². The molecule has 0 aliphatic carbocycles. The molecule has 0 saturated carbocycles. The molecule has 34 heteroatoms. The lowest BCUT2D eigenvalue weighted by atomic mass is 9.81. The minimum absolute atomic E-state index is 0.0445. The number of ether oxygens (including phenoxy) is 5. The zero-order chi connectivity index (χ0) is 68.2. The fourth-order valence-electron chi connectivity index (χ4n) is 13.2. The summed E-state index contributed by atoms with van der Waals surface area (Å²) in [6.45, 7) is 3.00. The Hall–Kier alpha value is -8.55. The Kier molecular flexibility index (Phi) is 20.6. The van der Waals surface area contributed by atoms with Crippen molar-refractivity contribution in [3.63, 3.8) is 0 Å². The fourth-order valence-corrected chi connectivity index (χ4v) is 16.6. The van der Waals surface area contributed by atoms with Crippen LogP contribution in [-0.4, -0.2) is 151 Å². The van der Waals surface area contributed by atoms with Crippen LogP contribution in [0.3, 0.4) is 0 Å². The smallest absolute Gasteiger partial charge is 0.478 e. The summed E-state index contributed by atoms with van der Waals surface area (Å²) in [5.41, 5.74) is 24.7. The zero-order valence-electron chi connectivity index (χ0n) is 52.5. The molecule has 0 radical (unpaired) electrons. The van der Waals surface area contributed by atoms with E-state index in [1.807, 2.05) is 0 Å². The van der Waals surface area contributed by atoms with Gasteiger partial charge in [0.15, 0.2) is 6.23 Å². The number of anilines is 2. The molecule has 8 heterocycles. The first-order valence-electron chi connectivity index (χ1n) is 31.5. The number of nitrogens with two attached hydrogens (primary N) is 1. The van der Waals surface area contributed by atoms with Crippen LogP contribution >= 0.6 is 23.2 Å².